The highest BCUT2D eigenvalue weighted by Crippen LogP contribution is 2.36. The molecule has 0 unspecified atom stereocenters. The van der Waals surface area contributed by atoms with E-state index in [1.54, 1.807) is 0 Å². The van der Waals surface area contributed by atoms with Gasteiger partial charge in [-0.25, -0.2) is 0 Å². The Bertz CT molecular complexity index is 107. The van der Waals surface area contributed by atoms with Crippen molar-refractivity contribution in [2.75, 3.05) is 24.6 Å². The fourth-order valence-corrected chi connectivity index (χ4v) is 4.58. The summed E-state index contributed by atoms with van der Waals surface area (Å²) in [5.74, 6) is 2.62. The lowest BCUT2D eigenvalue weighted by Gasteiger charge is -2.17. The van der Waals surface area contributed by atoms with Gasteiger partial charge in [0, 0.05) is 36.7 Å². The van der Waals surface area contributed by atoms with Crippen molar-refractivity contribution in [2.24, 2.45) is 0 Å². The molecular formula is C6H12N2S3. The predicted molar refractivity (Wildman–Crippen MR) is 55.2 cm³/mol. The fraction of sp³-hybridized carbons (Fsp3) is 1.00. The van der Waals surface area contributed by atoms with Gasteiger partial charge in [-0.2, -0.15) is 7.42 Å². The summed E-state index contributed by atoms with van der Waals surface area (Å²) in [6.45, 7) is 2.51. The molecule has 2 saturated heterocycles. The number of rotatable bonds is 2. The van der Waals surface area contributed by atoms with E-state index in [1.807, 2.05) is 36.0 Å². The number of hydrogen-bond donors (Lipinski definition) is 0. The quantitative estimate of drug-likeness (QED) is 0.640. The molecule has 0 radical (unpaired) electrons. The molecule has 0 saturated carbocycles. The van der Waals surface area contributed by atoms with Crippen LogP contribution in [0.3, 0.4) is 0 Å². The van der Waals surface area contributed by atoms with Gasteiger partial charge in [0.1, 0.15) is 0 Å². The Morgan fingerprint density at radius 2 is 1.45 bits per heavy atom. The van der Waals surface area contributed by atoms with Gasteiger partial charge in [-0.3, -0.25) is 0 Å². The van der Waals surface area contributed by atoms with Gasteiger partial charge in [0.25, 0.3) is 0 Å². The molecule has 2 fully saturated rings. The van der Waals surface area contributed by atoms with Crippen LogP contribution in [-0.4, -0.2) is 32.0 Å². The molecule has 0 aromatic carbocycles. The molecule has 2 aliphatic rings. The zero-order valence-corrected chi connectivity index (χ0v) is 8.81. The van der Waals surface area contributed by atoms with E-state index in [0.717, 1.165) is 0 Å². The first-order valence-corrected chi connectivity index (χ1v) is 6.56. The summed E-state index contributed by atoms with van der Waals surface area (Å²) in [5.41, 5.74) is 0. The average molecular weight is 208 g/mol. The van der Waals surface area contributed by atoms with Crippen LogP contribution in [0, 0.1) is 0 Å². The largest absolute Gasteiger partial charge is 0.180 e. The van der Waals surface area contributed by atoms with Crippen LogP contribution in [-0.2, 0) is 0 Å². The third-order valence-electron chi connectivity index (χ3n) is 1.62. The molecule has 0 bridgehead atoms. The Hall–Kier alpha value is 0.970. The van der Waals surface area contributed by atoms with Gasteiger partial charge in [0.15, 0.2) is 0 Å². The van der Waals surface area contributed by atoms with E-state index in [0.29, 0.717) is 0 Å². The molecule has 5 heteroatoms. The average Bonchev–Trinajstić information content (AvgIpc) is 2.60. The second-order valence-electron chi connectivity index (χ2n) is 2.57. The molecule has 2 heterocycles. The van der Waals surface area contributed by atoms with Gasteiger partial charge in [0.05, 0.1) is 0 Å². The second kappa shape index (κ2) is 4.28. The van der Waals surface area contributed by atoms with Crippen LogP contribution >= 0.6 is 36.0 Å². The molecule has 0 aliphatic carbocycles. The van der Waals surface area contributed by atoms with Gasteiger partial charge in [-0.15, -0.1) is 0 Å². The van der Waals surface area contributed by atoms with Crippen molar-refractivity contribution in [3.63, 3.8) is 0 Å². The lowest BCUT2D eigenvalue weighted by atomic mass is 10.5. The summed E-state index contributed by atoms with van der Waals surface area (Å²) in [6.07, 6.45) is 2.71. The Morgan fingerprint density at radius 1 is 0.909 bits per heavy atom. The van der Waals surface area contributed by atoms with Crippen LogP contribution in [0.5, 0.6) is 0 Å². The fourth-order valence-electron chi connectivity index (χ4n) is 1.08. The van der Waals surface area contributed by atoms with Crippen molar-refractivity contribution >= 4 is 36.0 Å². The van der Waals surface area contributed by atoms with Gasteiger partial charge in [-0.05, 0) is 12.8 Å². The maximum Gasteiger partial charge on any atom is 0.0310 e. The third kappa shape index (κ3) is 2.45. The van der Waals surface area contributed by atoms with Crippen molar-refractivity contribution in [1.82, 2.24) is 7.42 Å². The first-order valence-electron chi connectivity index (χ1n) is 3.94. The highest BCUT2D eigenvalue weighted by Gasteiger charge is 2.20. The van der Waals surface area contributed by atoms with Crippen LogP contribution < -0.4 is 0 Å². The van der Waals surface area contributed by atoms with E-state index >= 15 is 0 Å². The molecule has 2 nitrogen and oxygen atoms in total. The van der Waals surface area contributed by atoms with Crippen molar-refractivity contribution in [3.05, 3.63) is 0 Å². The summed E-state index contributed by atoms with van der Waals surface area (Å²) >= 11 is 5.85. The van der Waals surface area contributed by atoms with Crippen LogP contribution in [0.2, 0.25) is 0 Å². The summed E-state index contributed by atoms with van der Waals surface area (Å²) in [4.78, 5) is 0. The van der Waals surface area contributed by atoms with E-state index < -0.39 is 0 Å². The maximum atomic E-state index is 2.40. The first-order chi connectivity index (χ1) is 5.45. The van der Waals surface area contributed by atoms with Crippen molar-refractivity contribution in [1.29, 1.82) is 0 Å². The molecular weight excluding hydrogens is 196 g/mol. The van der Waals surface area contributed by atoms with Crippen molar-refractivity contribution < 1.29 is 0 Å². The Morgan fingerprint density at radius 3 is 1.82 bits per heavy atom. The van der Waals surface area contributed by atoms with Crippen molar-refractivity contribution in [2.45, 2.75) is 12.8 Å². The molecule has 0 aromatic heterocycles. The van der Waals surface area contributed by atoms with Gasteiger partial charge in [0.2, 0.25) is 0 Å². The molecule has 0 N–H and O–H groups in total. The molecule has 2 rings (SSSR count). The van der Waals surface area contributed by atoms with Gasteiger partial charge in [-0.1, -0.05) is 23.9 Å². The van der Waals surface area contributed by atoms with Crippen LogP contribution in [0.1, 0.15) is 12.8 Å². The summed E-state index contributed by atoms with van der Waals surface area (Å²) < 4.78 is 4.80. The minimum Gasteiger partial charge on any atom is -0.180 e. The summed E-state index contributed by atoms with van der Waals surface area (Å²) in [5, 5.41) is 0. The smallest absolute Gasteiger partial charge is 0.0310 e. The topological polar surface area (TPSA) is 6.48 Å². The van der Waals surface area contributed by atoms with E-state index in [1.165, 1.54) is 37.4 Å². The summed E-state index contributed by atoms with van der Waals surface area (Å²) in [6, 6.07) is 0. The molecule has 11 heavy (non-hydrogen) atoms. The zero-order valence-electron chi connectivity index (χ0n) is 6.36. The molecule has 0 atom stereocenters. The lowest BCUT2D eigenvalue weighted by molar-refractivity contribution is 0.697. The standard InChI is InChI=1S/C6H12N2S3/c1-3-7(9-5-1)11-8-4-2-6-10-8/h1-6H2. The molecule has 0 aromatic rings. The first kappa shape index (κ1) is 8.56. The minimum absolute atomic E-state index is 1.26. The molecule has 2 aliphatic heterocycles. The predicted octanol–water partition coefficient (Wildman–Crippen LogP) is 2.26. The third-order valence-corrected chi connectivity index (χ3v) is 5.27. The van der Waals surface area contributed by atoms with E-state index in [9.17, 15) is 0 Å². The lowest BCUT2D eigenvalue weighted by Crippen LogP contribution is -2.10. The number of hydrogen-bond acceptors (Lipinski definition) is 5. The van der Waals surface area contributed by atoms with E-state index in [-0.39, 0.29) is 0 Å². The van der Waals surface area contributed by atoms with E-state index in [4.69, 9.17) is 0 Å². The SMILES string of the molecule is C1CSN(SN2CCCS2)C1. The summed E-state index contributed by atoms with van der Waals surface area (Å²) in [7, 11) is 0. The zero-order chi connectivity index (χ0) is 7.52. The maximum absolute atomic E-state index is 2.40. The van der Waals surface area contributed by atoms with E-state index in [2.05, 4.69) is 7.42 Å². The Labute approximate surface area is 81.0 Å². The second-order valence-corrected chi connectivity index (χ2v) is 6.29. The Kier molecular flexibility index (Phi) is 3.33. The van der Waals surface area contributed by atoms with Gasteiger partial charge < -0.3 is 0 Å². The highest BCUT2D eigenvalue weighted by molar-refractivity contribution is 8.17. The minimum atomic E-state index is 1.26. The normalized spacial score (nSPS) is 28.4. The molecule has 0 spiro atoms. The molecule has 0 amide bonds. The van der Waals surface area contributed by atoms with Crippen molar-refractivity contribution in [3.8, 4) is 0 Å². The van der Waals surface area contributed by atoms with Crippen LogP contribution in [0.15, 0.2) is 0 Å². The van der Waals surface area contributed by atoms with Crippen LogP contribution in [0.4, 0.5) is 0 Å². The van der Waals surface area contributed by atoms with Crippen LogP contribution in [0.25, 0.3) is 0 Å². The monoisotopic (exact) mass is 208 g/mol. The number of nitrogens with zero attached hydrogens (tertiary/aromatic N) is 2. The van der Waals surface area contributed by atoms with Gasteiger partial charge >= 0.3 is 0 Å². The molecule has 64 valence electrons. The highest BCUT2D eigenvalue weighted by atomic mass is 32.3. The Balaban J connectivity index is 1.71.